The molecule has 0 saturated heterocycles. The quantitative estimate of drug-likeness (QED) is 0.466. The molecule has 3 aromatic rings. The predicted molar refractivity (Wildman–Crippen MR) is 135 cm³/mol. The van der Waals surface area contributed by atoms with Gasteiger partial charge in [0.25, 0.3) is 5.91 Å². The van der Waals surface area contributed by atoms with Crippen LogP contribution < -0.4 is 9.62 Å². The molecule has 3 aromatic carbocycles. The van der Waals surface area contributed by atoms with Gasteiger partial charge in [-0.25, -0.2) is 8.42 Å². The number of amides is 1. The molecule has 0 fully saturated rings. The highest BCUT2D eigenvalue weighted by Crippen LogP contribution is 2.25. The minimum Gasteiger partial charge on any atom is -0.346 e. The van der Waals surface area contributed by atoms with Crippen molar-refractivity contribution in [1.29, 1.82) is 0 Å². The van der Waals surface area contributed by atoms with Gasteiger partial charge in [-0.15, -0.1) is 0 Å². The number of benzene rings is 3. The molecule has 0 aliphatic carbocycles. The van der Waals surface area contributed by atoms with Gasteiger partial charge in [0.2, 0.25) is 10.0 Å². The van der Waals surface area contributed by atoms with Crippen LogP contribution in [0.5, 0.6) is 0 Å². The van der Waals surface area contributed by atoms with Crippen LogP contribution in [0.3, 0.4) is 0 Å². The van der Waals surface area contributed by atoms with Crippen molar-refractivity contribution >= 4 is 33.2 Å². The first-order chi connectivity index (χ1) is 15.5. The number of hydrogen-bond donors (Lipinski definition) is 1. The highest BCUT2D eigenvalue weighted by molar-refractivity contribution is 7.92. The van der Waals surface area contributed by atoms with Crippen molar-refractivity contribution in [2.75, 3.05) is 10.6 Å². The number of aryl methyl sites for hydroxylation is 3. The van der Waals surface area contributed by atoms with Gasteiger partial charge in [0.05, 0.1) is 24.5 Å². The van der Waals surface area contributed by atoms with E-state index in [2.05, 4.69) is 31.3 Å². The molecule has 3 rings (SSSR count). The Morgan fingerprint density at radius 3 is 2.18 bits per heavy atom. The third-order valence-electron chi connectivity index (χ3n) is 5.79. The average molecular weight is 485 g/mol. The maximum atomic E-state index is 12.8. The van der Waals surface area contributed by atoms with E-state index in [1.165, 1.54) is 15.4 Å². The smallest absolute Gasteiger partial charge is 0.251 e. The van der Waals surface area contributed by atoms with E-state index in [0.29, 0.717) is 21.8 Å². The first-order valence-electron chi connectivity index (χ1n) is 10.7. The van der Waals surface area contributed by atoms with Crippen LogP contribution in [-0.4, -0.2) is 20.6 Å². The first kappa shape index (κ1) is 24.8. The molecular formula is C26H29ClN2O3S. The van der Waals surface area contributed by atoms with Crippen molar-refractivity contribution in [3.05, 3.63) is 99.1 Å². The van der Waals surface area contributed by atoms with Crippen LogP contribution in [0.1, 0.15) is 51.1 Å². The lowest BCUT2D eigenvalue weighted by Crippen LogP contribution is -2.30. The van der Waals surface area contributed by atoms with E-state index < -0.39 is 10.0 Å². The van der Waals surface area contributed by atoms with E-state index in [1.54, 1.807) is 42.5 Å². The second-order valence-electron chi connectivity index (χ2n) is 8.40. The van der Waals surface area contributed by atoms with Gasteiger partial charge in [0, 0.05) is 10.6 Å². The molecule has 0 heterocycles. The Hall–Kier alpha value is -2.83. The lowest BCUT2D eigenvalue weighted by atomic mass is 9.96. The fourth-order valence-electron chi connectivity index (χ4n) is 3.77. The van der Waals surface area contributed by atoms with E-state index in [-0.39, 0.29) is 18.5 Å². The summed E-state index contributed by atoms with van der Waals surface area (Å²) in [6.45, 7) is 8.23. The molecule has 0 aromatic heterocycles. The van der Waals surface area contributed by atoms with Crippen molar-refractivity contribution in [2.45, 2.75) is 40.3 Å². The second-order valence-corrected chi connectivity index (χ2v) is 10.7. The highest BCUT2D eigenvalue weighted by atomic mass is 35.5. The van der Waals surface area contributed by atoms with Crippen LogP contribution >= 0.6 is 11.6 Å². The maximum absolute atomic E-state index is 12.8. The van der Waals surface area contributed by atoms with Gasteiger partial charge in [0.1, 0.15) is 0 Å². The van der Waals surface area contributed by atoms with Crippen LogP contribution in [0, 0.1) is 20.8 Å². The fraction of sp³-hybridized carbons (Fsp3) is 0.269. The predicted octanol–water partition coefficient (Wildman–Crippen LogP) is 5.72. The number of nitrogens with one attached hydrogen (secondary N) is 1. The zero-order valence-electron chi connectivity index (χ0n) is 19.5. The number of rotatable bonds is 7. The molecule has 1 N–H and O–H groups in total. The van der Waals surface area contributed by atoms with Crippen LogP contribution in [0.2, 0.25) is 5.02 Å². The molecule has 5 nitrogen and oxygen atoms in total. The number of anilines is 1. The molecule has 0 radical (unpaired) electrons. The number of nitrogens with zero attached hydrogens (tertiary/aromatic N) is 1. The fourth-order valence-corrected chi connectivity index (χ4v) is 4.84. The lowest BCUT2D eigenvalue weighted by molar-refractivity contribution is 0.0940. The molecule has 0 saturated carbocycles. The van der Waals surface area contributed by atoms with Gasteiger partial charge in [0.15, 0.2) is 0 Å². The van der Waals surface area contributed by atoms with E-state index in [9.17, 15) is 13.2 Å². The molecule has 7 heteroatoms. The van der Waals surface area contributed by atoms with Crippen LogP contribution in [0.25, 0.3) is 0 Å². The van der Waals surface area contributed by atoms with E-state index >= 15 is 0 Å². The van der Waals surface area contributed by atoms with Crippen molar-refractivity contribution in [2.24, 2.45) is 0 Å². The molecule has 0 aliphatic rings. The maximum Gasteiger partial charge on any atom is 0.251 e. The van der Waals surface area contributed by atoms with Crippen molar-refractivity contribution in [3.8, 4) is 0 Å². The Bertz CT molecular complexity index is 1270. The number of hydrogen-bond acceptors (Lipinski definition) is 3. The van der Waals surface area contributed by atoms with Gasteiger partial charge in [-0.2, -0.15) is 0 Å². The summed E-state index contributed by atoms with van der Waals surface area (Å²) < 4.78 is 26.2. The molecular weight excluding hydrogens is 456 g/mol. The summed E-state index contributed by atoms with van der Waals surface area (Å²) in [5.74, 6) is -0.219. The van der Waals surface area contributed by atoms with E-state index in [1.807, 2.05) is 19.9 Å². The van der Waals surface area contributed by atoms with Crippen LogP contribution in [-0.2, 0) is 16.6 Å². The van der Waals surface area contributed by atoms with Crippen LogP contribution in [0.15, 0.2) is 60.7 Å². The van der Waals surface area contributed by atoms with Gasteiger partial charge in [-0.3, -0.25) is 9.10 Å². The molecule has 174 valence electrons. The Labute approximate surface area is 201 Å². The summed E-state index contributed by atoms with van der Waals surface area (Å²) in [6, 6.07) is 17.7. The minimum atomic E-state index is -3.56. The number of sulfonamides is 1. The normalized spacial score (nSPS) is 12.3. The van der Waals surface area contributed by atoms with E-state index in [0.717, 1.165) is 17.4 Å². The zero-order valence-corrected chi connectivity index (χ0v) is 21.1. The summed E-state index contributed by atoms with van der Waals surface area (Å²) in [5, 5.41) is 3.54. The van der Waals surface area contributed by atoms with E-state index in [4.69, 9.17) is 11.6 Å². The molecule has 1 amide bonds. The summed E-state index contributed by atoms with van der Waals surface area (Å²) in [7, 11) is -3.56. The largest absolute Gasteiger partial charge is 0.346 e. The van der Waals surface area contributed by atoms with Gasteiger partial charge in [-0.05, 0) is 85.8 Å². The third kappa shape index (κ3) is 5.95. The van der Waals surface area contributed by atoms with Crippen molar-refractivity contribution < 1.29 is 13.2 Å². The SMILES string of the molecule is Cc1cc(C)c(C(C)NC(=O)c2ccc(N(Cc3ccccc3Cl)S(C)(=O)=O)cc2)cc1C. The number of halogens is 1. The topological polar surface area (TPSA) is 66.5 Å². The average Bonchev–Trinajstić information content (AvgIpc) is 2.75. The Morgan fingerprint density at radius 2 is 1.58 bits per heavy atom. The molecule has 33 heavy (non-hydrogen) atoms. The highest BCUT2D eigenvalue weighted by Gasteiger charge is 2.20. The molecule has 1 atom stereocenters. The molecule has 0 bridgehead atoms. The Kier molecular flexibility index (Phi) is 7.50. The summed E-state index contributed by atoms with van der Waals surface area (Å²) in [4.78, 5) is 12.8. The standard InChI is InChI=1S/C26H29ClN2O3S/c1-17-14-19(3)24(15-18(17)2)20(4)28-26(30)21-10-12-23(13-11-21)29(33(5,31)32)16-22-8-6-7-9-25(22)27/h6-15,20H,16H2,1-5H3,(H,28,30). The Balaban J connectivity index is 1.79. The minimum absolute atomic E-state index is 0.104. The van der Waals surface area contributed by atoms with Gasteiger partial charge in [-0.1, -0.05) is 41.9 Å². The lowest BCUT2D eigenvalue weighted by Gasteiger charge is -2.23. The number of carbonyl (C=O) groups excluding carboxylic acids is 1. The monoisotopic (exact) mass is 484 g/mol. The first-order valence-corrected chi connectivity index (χ1v) is 12.9. The van der Waals surface area contributed by atoms with Gasteiger partial charge >= 0.3 is 0 Å². The summed E-state index contributed by atoms with van der Waals surface area (Å²) in [5.41, 5.74) is 6.23. The van der Waals surface area contributed by atoms with Gasteiger partial charge < -0.3 is 5.32 Å². The molecule has 1 unspecified atom stereocenters. The zero-order chi connectivity index (χ0) is 24.3. The number of carbonyl (C=O) groups is 1. The second kappa shape index (κ2) is 9.98. The third-order valence-corrected chi connectivity index (χ3v) is 7.30. The Morgan fingerprint density at radius 1 is 0.970 bits per heavy atom. The summed E-state index contributed by atoms with van der Waals surface area (Å²) in [6.07, 6.45) is 1.15. The molecule has 0 aliphatic heterocycles. The summed E-state index contributed by atoms with van der Waals surface area (Å²) >= 11 is 6.23. The van der Waals surface area contributed by atoms with Crippen LogP contribution in [0.4, 0.5) is 5.69 Å². The molecule has 0 spiro atoms. The van der Waals surface area contributed by atoms with Crippen molar-refractivity contribution in [3.63, 3.8) is 0 Å². The van der Waals surface area contributed by atoms with Crippen molar-refractivity contribution in [1.82, 2.24) is 5.32 Å².